The molecular weight excluding hydrogens is 357 g/mol. The monoisotopic (exact) mass is 379 g/mol. The van der Waals surface area contributed by atoms with E-state index in [-0.39, 0.29) is 17.8 Å². The third-order valence-corrected chi connectivity index (χ3v) is 5.29. The van der Waals surface area contributed by atoms with Gasteiger partial charge in [-0.05, 0) is 36.6 Å². The first-order valence-electron chi connectivity index (χ1n) is 9.31. The van der Waals surface area contributed by atoms with Gasteiger partial charge in [0, 0.05) is 35.0 Å². The number of amides is 1. The van der Waals surface area contributed by atoms with E-state index in [1.807, 2.05) is 12.1 Å². The summed E-state index contributed by atoms with van der Waals surface area (Å²) < 4.78 is 19.9. The van der Waals surface area contributed by atoms with Gasteiger partial charge in [-0.2, -0.15) is 5.10 Å². The number of nitrogens with zero attached hydrogens (tertiary/aromatic N) is 2. The molecule has 5 nitrogen and oxygen atoms in total. The second kappa shape index (κ2) is 7.46. The normalized spacial score (nSPS) is 19.0. The molecule has 0 saturated carbocycles. The van der Waals surface area contributed by atoms with Gasteiger partial charge in [0.25, 0.3) is 5.91 Å². The Balaban J connectivity index is 1.67. The lowest BCUT2D eigenvalue weighted by Gasteiger charge is -2.26. The van der Waals surface area contributed by atoms with Crippen LogP contribution in [0, 0.1) is 11.7 Å². The van der Waals surface area contributed by atoms with Crippen molar-refractivity contribution in [2.75, 3.05) is 13.7 Å². The molecule has 0 aliphatic carbocycles. The Morgan fingerprint density at radius 2 is 2.11 bits per heavy atom. The summed E-state index contributed by atoms with van der Waals surface area (Å²) >= 11 is 0. The number of H-pyrrole nitrogens is 1. The number of aromatic nitrogens is 2. The van der Waals surface area contributed by atoms with E-state index >= 15 is 0 Å². The zero-order chi connectivity index (χ0) is 19.7. The zero-order valence-electron chi connectivity index (χ0n) is 15.9. The van der Waals surface area contributed by atoms with E-state index in [0.717, 1.165) is 17.5 Å². The second-order valence-corrected chi connectivity index (χ2v) is 7.24. The van der Waals surface area contributed by atoms with Gasteiger partial charge in [-0.3, -0.25) is 9.89 Å². The average molecular weight is 379 g/mol. The Morgan fingerprint density at radius 1 is 1.29 bits per heavy atom. The number of likely N-dealkylation sites (tertiary alicyclic amines) is 1. The topological polar surface area (TPSA) is 58.2 Å². The number of halogens is 1. The van der Waals surface area contributed by atoms with Crippen molar-refractivity contribution in [3.05, 3.63) is 71.8 Å². The number of carbonyl (C=O) groups is 1. The van der Waals surface area contributed by atoms with E-state index in [9.17, 15) is 9.18 Å². The molecular formula is C22H22FN3O2. The number of hydrogen-bond acceptors (Lipinski definition) is 3. The molecule has 1 saturated heterocycles. The lowest BCUT2D eigenvalue weighted by Crippen LogP contribution is -2.31. The molecule has 4 rings (SSSR count). The number of benzene rings is 2. The largest absolute Gasteiger partial charge is 0.496 e. The van der Waals surface area contributed by atoms with E-state index in [4.69, 9.17) is 4.74 Å². The van der Waals surface area contributed by atoms with Gasteiger partial charge in [-0.1, -0.05) is 25.1 Å². The van der Waals surface area contributed by atoms with Crippen LogP contribution in [0.1, 0.15) is 35.3 Å². The predicted octanol–water partition coefficient (Wildman–Crippen LogP) is 4.45. The molecule has 28 heavy (non-hydrogen) atoms. The van der Waals surface area contributed by atoms with E-state index in [0.29, 0.717) is 29.3 Å². The van der Waals surface area contributed by atoms with Crippen LogP contribution < -0.4 is 4.74 Å². The summed E-state index contributed by atoms with van der Waals surface area (Å²) in [5.74, 6) is 0.518. The van der Waals surface area contributed by atoms with Crippen LogP contribution in [-0.4, -0.2) is 34.7 Å². The van der Waals surface area contributed by atoms with Crippen LogP contribution in [0.25, 0.3) is 11.1 Å². The first-order chi connectivity index (χ1) is 13.6. The smallest absolute Gasteiger partial charge is 0.254 e. The minimum atomic E-state index is -0.271. The van der Waals surface area contributed by atoms with Gasteiger partial charge in [0.05, 0.1) is 19.3 Å². The van der Waals surface area contributed by atoms with Crippen molar-refractivity contribution in [1.29, 1.82) is 0 Å². The molecule has 1 fully saturated rings. The van der Waals surface area contributed by atoms with Gasteiger partial charge in [0.1, 0.15) is 11.6 Å². The Labute approximate surface area is 163 Å². The van der Waals surface area contributed by atoms with Gasteiger partial charge < -0.3 is 9.64 Å². The van der Waals surface area contributed by atoms with E-state index < -0.39 is 0 Å². The Hall–Kier alpha value is -3.15. The number of ether oxygens (including phenoxy) is 1. The first-order valence-corrected chi connectivity index (χ1v) is 9.31. The Morgan fingerprint density at radius 3 is 2.82 bits per heavy atom. The Bertz CT molecular complexity index is 987. The maximum Gasteiger partial charge on any atom is 0.254 e. The number of methoxy groups -OCH3 is 1. The molecule has 144 valence electrons. The van der Waals surface area contributed by atoms with Crippen LogP contribution in [-0.2, 0) is 0 Å². The van der Waals surface area contributed by atoms with Crippen LogP contribution in [0.2, 0.25) is 0 Å². The second-order valence-electron chi connectivity index (χ2n) is 7.24. The molecule has 2 unspecified atom stereocenters. The summed E-state index contributed by atoms with van der Waals surface area (Å²) in [7, 11) is 1.58. The van der Waals surface area contributed by atoms with Crippen molar-refractivity contribution in [1.82, 2.24) is 15.1 Å². The highest BCUT2D eigenvalue weighted by atomic mass is 19.1. The lowest BCUT2D eigenvalue weighted by molar-refractivity contribution is 0.0730. The molecule has 0 bridgehead atoms. The molecule has 1 N–H and O–H groups in total. The summed E-state index contributed by atoms with van der Waals surface area (Å²) in [6, 6.07) is 11.8. The van der Waals surface area contributed by atoms with Gasteiger partial charge in [-0.15, -0.1) is 0 Å². The molecule has 0 spiro atoms. The van der Waals surface area contributed by atoms with Crippen LogP contribution in [0.15, 0.2) is 54.9 Å². The van der Waals surface area contributed by atoms with E-state index in [2.05, 4.69) is 17.1 Å². The van der Waals surface area contributed by atoms with Gasteiger partial charge >= 0.3 is 0 Å². The average Bonchev–Trinajstić information content (AvgIpc) is 3.37. The van der Waals surface area contributed by atoms with Crippen molar-refractivity contribution in [3.8, 4) is 16.9 Å². The Kier molecular flexibility index (Phi) is 4.86. The predicted molar refractivity (Wildman–Crippen MR) is 105 cm³/mol. The quantitative estimate of drug-likeness (QED) is 0.729. The molecule has 1 amide bonds. The molecule has 1 aliphatic heterocycles. The maximum atomic E-state index is 14.4. The molecule has 1 aliphatic rings. The van der Waals surface area contributed by atoms with Crippen LogP contribution in [0.3, 0.4) is 0 Å². The van der Waals surface area contributed by atoms with Crippen LogP contribution in [0.4, 0.5) is 4.39 Å². The fourth-order valence-electron chi connectivity index (χ4n) is 3.94. The fourth-order valence-corrected chi connectivity index (χ4v) is 3.94. The SMILES string of the molecule is COc1cc(C(=O)N2CC(C)CC2c2ccccc2F)ccc1-c1cn[nH]c1. The summed E-state index contributed by atoms with van der Waals surface area (Å²) in [6.07, 6.45) is 4.22. The van der Waals surface area contributed by atoms with Crippen molar-refractivity contribution in [2.45, 2.75) is 19.4 Å². The number of nitrogens with one attached hydrogen (secondary N) is 1. The molecule has 6 heteroatoms. The van der Waals surface area contributed by atoms with Gasteiger partial charge in [-0.25, -0.2) is 4.39 Å². The van der Waals surface area contributed by atoms with E-state index in [1.165, 1.54) is 6.07 Å². The molecule has 3 aromatic rings. The lowest BCUT2D eigenvalue weighted by atomic mass is 10.00. The summed E-state index contributed by atoms with van der Waals surface area (Å²) in [5.41, 5.74) is 2.84. The zero-order valence-corrected chi connectivity index (χ0v) is 15.9. The molecule has 2 atom stereocenters. The van der Waals surface area contributed by atoms with Gasteiger partial charge in [0.2, 0.25) is 0 Å². The molecule has 1 aromatic heterocycles. The number of aromatic amines is 1. The number of rotatable bonds is 4. The first kappa shape index (κ1) is 18.2. The van der Waals surface area contributed by atoms with Crippen molar-refractivity contribution >= 4 is 5.91 Å². The summed E-state index contributed by atoms with van der Waals surface area (Å²) in [4.78, 5) is 15.1. The molecule has 2 heterocycles. The number of carbonyl (C=O) groups excluding carboxylic acids is 1. The van der Waals surface area contributed by atoms with Gasteiger partial charge in [0.15, 0.2) is 0 Å². The highest BCUT2D eigenvalue weighted by Crippen LogP contribution is 2.38. The fraction of sp³-hybridized carbons (Fsp3) is 0.273. The molecule has 0 radical (unpaired) electrons. The number of hydrogen-bond donors (Lipinski definition) is 1. The summed E-state index contributed by atoms with van der Waals surface area (Å²) in [6.45, 7) is 2.69. The van der Waals surface area contributed by atoms with E-state index in [1.54, 1.807) is 48.7 Å². The highest BCUT2D eigenvalue weighted by molar-refractivity contribution is 5.96. The molecule has 2 aromatic carbocycles. The van der Waals surface area contributed by atoms with Crippen LogP contribution >= 0.6 is 0 Å². The summed E-state index contributed by atoms with van der Waals surface area (Å²) in [5, 5.41) is 6.74. The van der Waals surface area contributed by atoms with Crippen LogP contribution in [0.5, 0.6) is 5.75 Å². The third-order valence-electron chi connectivity index (χ3n) is 5.29. The minimum Gasteiger partial charge on any atom is -0.496 e. The highest BCUT2D eigenvalue weighted by Gasteiger charge is 2.36. The van der Waals surface area contributed by atoms with Crippen molar-refractivity contribution in [3.63, 3.8) is 0 Å². The van der Waals surface area contributed by atoms with Crippen molar-refractivity contribution in [2.24, 2.45) is 5.92 Å². The minimum absolute atomic E-state index is 0.116. The maximum absolute atomic E-state index is 14.4. The third kappa shape index (κ3) is 3.26. The van der Waals surface area contributed by atoms with Crippen molar-refractivity contribution < 1.29 is 13.9 Å². The standard InChI is InChI=1S/C22H22FN3O2/c1-14-9-20(18-5-3-4-6-19(18)23)26(13-14)22(27)15-7-8-17(21(10-15)28-2)16-11-24-25-12-16/h3-8,10-12,14,20H,9,13H2,1-2H3,(H,24,25).